The molecule has 2 aliphatic heterocycles. The van der Waals surface area contributed by atoms with Gasteiger partial charge in [-0.3, -0.25) is 14.0 Å². The summed E-state index contributed by atoms with van der Waals surface area (Å²) in [6, 6.07) is 8.53. The number of anilines is 2. The third kappa shape index (κ3) is 5.21. The van der Waals surface area contributed by atoms with E-state index in [0.29, 0.717) is 90.6 Å². The Balaban J connectivity index is 1.02. The van der Waals surface area contributed by atoms with Gasteiger partial charge in [-0.15, -0.1) is 5.10 Å². The highest BCUT2D eigenvalue weighted by molar-refractivity contribution is 7.91. The van der Waals surface area contributed by atoms with Crippen molar-refractivity contribution in [2.24, 2.45) is 7.05 Å². The van der Waals surface area contributed by atoms with Crippen molar-refractivity contribution < 1.29 is 18.1 Å². The monoisotopic (exact) mass is 609 g/mol. The number of halogens is 1. The lowest BCUT2D eigenvalue weighted by atomic mass is 10.2. The van der Waals surface area contributed by atoms with Gasteiger partial charge < -0.3 is 24.3 Å². The summed E-state index contributed by atoms with van der Waals surface area (Å²) in [5.41, 5.74) is 7.97. The summed E-state index contributed by atoms with van der Waals surface area (Å²) in [7, 11) is 1.68. The highest BCUT2D eigenvalue weighted by Gasteiger charge is 2.26. The number of nitrogen functional groups attached to an aromatic ring is 1. The summed E-state index contributed by atoms with van der Waals surface area (Å²) in [6.07, 6.45) is 2.97. The Kier molecular flexibility index (Phi) is 7.23. The van der Waals surface area contributed by atoms with E-state index in [1.165, 1.54) is 21.4 Å². The van der Waals surface area contributed by atoms with Crippen molar-refractivity contribution in [2.75, 3.05) is 54.9 Å². The van der Waals surface area contributed by atoms with Crippen molar-refractivity contribution in [1.82, 2.24) is 33.6 Å². The van der Waals surface area contributed by atoms with Crippen LogP contribution in [0, 0.1) is 5.82 Å². The summed E-state index contributed by atoms with van der Waals surface area (Å²) in [5.74, 6) is 2.42. The molecule has 6 heterocycles. The average molecular weight is 610 g/mol. The van der Waals surface area contributed by atoms with Gasteiger partial charge in [0.2, 0.25) is 11.8 Å². The number of ether oxygens (including phenoxy) is 1. The number of aryl methyl sites for hydroxylation is 1. The van der Waals surface area contributed by atoms with Crippen LogP contribution in [-0.4, -0.2) is 88.5 Å². The van der Waals surface area contributed by atoms with Crippen LogP contribution in [0.1, 0.15) is 12.8 Å². The summed E-state index contributed by atoms with van der Waals surface area (Å²) in [5, 5.41) is 4.42. The van der Waals surface area contributed by atoms with Crippen molar-refractivity contribution in [3.8, 4) is 17.3 Å². The van der Waals surface area contributed by atoms with Crippen LogP contribution in [0.5, 0.6) is 5.75 Å². The Bertz CT molecular complexity index is 1820. The fraction of sp³-hybridized carbons (Fsp3) is 0.429. The first-order valence-electron chi connectivity index (χ1n) is 14.3. The molecule has 0 unspecified atom stereocenters. The molecule has 1 aromatic carbocycles. The minimum absolute atomic E-state index is 0.0195. The molecule has 2 saturated heterocycles. The van der Waals surface area contributed by atoms with Crippen LogP contribution >= 0.6 is 0 Å². The lowest BCUT2D eigenvalue weighted by molar-refractivity contribution is 0.189. The van der Waals surface area contributed by atoms with E-state index in [1.54, 1.807) is 29.8 Å². The summed E-state index contributed by atoms with van der Waals surface area (Å²) >= 11 is -0.762. The van der Waals surface area contributed by atoms with Crippen LogP contribution in [-0.2, 0) is 24.8 Å². The maximum absolute atomic E-state index is 15.1. The maximum atomic E-state index is 15.1. The molecule has 0 amide bonds. The Labute approximate surface area is 248 Å². The Hall–Kier alpha value is -4.08. The lowest BCUT2D eigenvalue weighted by Crippen LogP contribution is -2.47. The molecular weight excluding hydrogens is 577 g/mol. The third-order valence-corrected chi connectivity index (χ3v) is 9.61. The Morgan fingerprint density at radius 3 is 2.63 bits per heavy atom. The zero-order valence-electron chi connectivity index (χ0n) is 23.7. The van der Waals surface area contributed by atoms with Gasteiger partial charge in [0.15, 0.2) is 17.1 Å². The maximum Gasteiger partial charge on any atom is 0.330 e. The zero-order valence-corrected chi connectivity index (χ0v) is 24.5. The van der Waals surface area contributed by atoms with Crippen LogP contribution in [0.15, 0.2) is 45.8 Å². The highest BCUT2D eigenvalue weighted by atomic mass is 32.2. The first-order chi connectivity index (χ1) is 20.9. The van der Waals surface area contributed by atoms with Crippen LogP contribution in [0.25, 0.3) is 28.4 Å². The van der Waals surface area contributed by atoms with E-state index in [1.807, 2.05) is 11.0 Å². The molecule has 226 valence electrons. The molecular formula is C28H32FN9O4S. The predicted molar refractivity (Wildman–Crippen MR) is 160 cm³/mol. The molecule has 0 spiro atoms. The van der Waals surface area contributed by atoms with Crippen molar-refractivity contribution in [2.45, 2.75) is 25.5 Å². The van der Waals surface area contributed by atoms with Crippen LogP contribution in [0.4, 0.5) is 16.0 Å². The predicted octanol–water partition coefficient (Wildman–Crippen LogP) is 1.87. The second kappa shape index (κ2) is 11.2. The number of piperazine rings is 1. The molecule has 0 radical (unpaired) electrons. The number of hydrogen-bond acceptors (Lipinski definition) is 10. The van der Waals surface area contributed by atoms with Gasteiger partial charge in [0.1, 0.15) is 34.7 Å². The van der Waals surface area contributed by atoms with E-state index in [4.69, 9.17) is 14.9 Å². The van der Waals surface area contributed by atoms with Crippen LogP contribution < -0.4 is 21.1 Å². The van der Waals surface area contributed by atoms with Crippen LogP contribution in [0.3, 0.4) is 0 Å². The van der Waals surface area contributed by atoms with E-state index in [9.17, 15) is 9.35 Å². The largest absolute Gasteiger partial charge is 0.616 e. The molecule has 43 heavy (non-hydrogen) atoms. The summed E-state index contributed by atoms with van der Waals surface area (Å²) in [6.45, 7) is 3.76. The van der Waals surface area contributed by atoms with Crippen molar-refractivity contribution in [3.63, 3.8) is 0 Å². The number of nitrogens with zero attached hydrogens (tertiary/aromatic N) is 8. The van der Waals surface area contributed by atoms with Gasteiger partial charge in [-0.1, -0.05) is 11.2 Å². The minimum Gasteiger partial charge on any atom is -0.616 e. The first kappa shape index (κ1) is 27.7. The highest BCUT2D eigenvalue weighted by Crippen LogP contribution is 2.28. The molecule has 0 aliphatic carbocycles. The van der Waals surface area contributed by atoms with E-state index in [-0.39, 0.29) is 23.6 Å². The molecule has 15 heteroatoms. The van der Waals surface area contributed by atoms with Crippen molar-refractivity contribution in [1.29, 1.82) is 0 Å². The molecule has 5 aromatic rings. The number of furan rings is 1. The van der Waals surface area contributed by atoms with Gasteiger partial charge in [-0.05, 0) is 24.3 Å². The zero-order chi connectivity index (χ0) is 29.7. The van der Waals surface area contributed by atoms with Crippen molar-refractivity contribution >= 4 is 39.6 Å². The summed E-state index contributed by atoms with van der Waals surface area (Å²) < 4.78 is 42.6. The van der Waals surface area contributed by atoms with Gasteiger partial charge in [0.05, 0.1) is 12.0 Å². The molecule has 7 rings (SSSR count). The molecule has 2 N–H and O–H groups in total. The van der Waals surface area contributed by atoms with Gasteiger partial charge in [0, 0.05) is 65.2 Å². The molecule has 0 atom stereocenters. The molecule has 2 aliphatic rings. The van der Waals surface area contributed by atoms with E-state index in [2.05, 4.69) is 20.0 Å². The van der Waals surface area contributed by atoms with Gasteiger partial charge in [-0.2, -0.15) is 9.50 Å². The molecule has 0 bridgehead atoms. The number of aromatic nitrogens is 6. The number of rotatable bonds is 7. The smallest absolute Gasteiger partial charge is 0.330 e. The second-order valence-corrected chi connectivity index (χ2v) is 12.6. The standard InChI is InChI=1S/C28H32FN9O4S/c1-34-23-25(32-27(30)38-26(23)31-24(33-38)22-3-2-14-41-22)37(28(34)39)13-10-35-8-11-36(12-9-35)21-5-4-19(17-20(21)29)42-18-6-15-43(40)16-7-18/h2-5,14,17-18H,6-13,15-16H2,1H3,(H2,30,32). The fourth-order valence-corrected chi connectivity index (χ4v) is 7.11. The average Bonchev–Trinajstić information content (AvgIpc) is 3.74. The minimum atomic E-state index is -0.762. The SMILES string of the molecule is Cn1c(=O)n(CCN2CCN(c3ccc(OC4CC[S+]([O-])CC4)cc3F)CC2)c2nc(N)n3nc(-c4ccco4)nc3c21. The van der Waals surface area contributed by atoms with Gasteiger partial charge in [-0.25, -0.2) is 14.2 Å². The van der Waals surface area contributed by atoms with Gasteiger partial charge >= 0.3 is 5.69 Å². The van der Waals surface area contributed by atoms with Crippen LogP contribution in [0.2, 0.25) is 0 Å². The second-order valence-electron chi connectivity index (χ2n) is 10.9. The van der Waals surface area contributed by atoms with E-state index >= 15 is 4.39 Å². The van der Waals surface area contributed by atoms with Gasteiger partial charge in [0.25, 0.3) is 0 Å². The first-order valence-corrected chi connectivity index (χ1v) is 15.8. The molecule has 13 nitrogen and oxygen atoms in total. The summed E-state index contributed by atoms with van der Waals surface area (Å²) in [4.78, 5) is 26.7. The third-order valence-electron chi connectivity index (χ3n) is 8.23. The number of nitrogens with two attached hydrogens (primary N) is 1. The number of hydrogen-bond donors (Lipinski definition) is 1. The quantitative estimate of drug-likeness (QED) is 0.271. The molecule has 2 fully saturated rings. The number of benzene rings is 1. The Morgan fingerprint density at radius 1 is 1.12 bits per heavy atom. The molecule has 4 aromatic heterocycles. The normalized spacial score (nSPS) is 19.9. The van der Waals surface area contributed by atoms with E-state index in [0.717, 1.165) is 12.8 Å². The number of fused-ring (bicyclic) bond motifs is 3. The number of imidazole rings is 1. The topological polar surface area (TPSA) is 148 Å². The van der Waals surface area contributed by atoms with Crippen molar-refractivity contribution in [3.05, 3.63) is 52.9 Å². The van der Waals surface area contributed by atoms with E-state index < -0.39 is 11.2 Å². The Morgan fingerprint density at radius 2 is 1.91 bits per heavy atom. The molecule has 0 saturated carbocycles. The lowest BCUT2D eigenvalue weighted by Gasteiger charge is -2.36. The fourth-order valence-electron chi connectivity index (χ4n) is 5.85.